The summed E-state index contributed by atoms with van der Waals surface area (Å²) >= 11 is 0. The molecule has 6 nitrogen and oxygen atoms in total. The number of hydrogen-bond donors (Lipinski definition) is 1. The minimum absolute atomic E-state index is 0.00862. The molecular formula is C18H24N2O4. The van der Waals surface area contributed by atoms with Crippen LogP contribution in [0.25, 0.3) is 0 Å². The topological polar surface area (TPSA) is 67.9 Å². The van der Waals surface area contributed by atoms with Gasteiger partial charge in [-0.15, -0.1) is 0 Å². The van der Waals surface area contributed by atoms with Crippen LogP contribution in [0.2, 0.25) is 0 Å². The van der Waals surface area contributed by atoms with Crippen molar-refractivity contribution in [3.05, 3.63) is 29.8 Å². The molecule has 2 amide bonds. The third-order valence-corrected chi connectivity index (χ3v) is 4.57. The van der Waals surface area contributed by atoms with E-state index in [-0.39, 0.29) is 18.1 Å². The van der Waals surface area contributed by atoms with Gasteiger partial charge in [0.1, 0.15) is 0 Å². The van der Waals surface area contributed by atoms with Gasteiger partial charge in [-0.25, -0.2) is 0 Å². The summed E-state index contributed by atoms with van der Waals surface area (Å²) in [5.74, 6) is 0.318. The quantitative estimate of drug-likeness (QED) is 0.918. The number of carbonyl (C=O) groups is 2. The van der Waals surface area contributed by atoms with E-state index in [2.05, 4.69) is 5.32 Å². The Hall–Kier alpha value is -1.92. The number of nitrogens with zero attached hydrogens (tertiary/aromatic N) is 1. The molecule has 130 valence electrons. The molecule has 2 aliphatic heterocycles. The second-order valence-corrected chi connectivity index (χ2v) is 6.22. The molecule has 0 aliphatic carbocycles. The van der Waals surface area contributed by atoms with Crippen molar-refractivity contribution in [2.75, 3.05) is 31.6 Å². The zero-order valence-corrected chi connectivity index (χ0v) is 14.0. The van der Waals surface area contributed by atoms with Gasteiger partial charge in [0.25, 0.3) is 5.91 Å². The van der Waals surface area contributed by atoms with Crippen LogP contribution >= 0.6 is 0 Å². The number of amides is 2. The highest BCUT2D eigenvalue weighted by molar-refractivity contribution is 5.97. The molecule has 0 radical (unpaired) electrons. The lowest BCUT2D eigenvalue weighted by atomic mass is 9.95. The summed E-state index contributed by atoms with van der Waals surface area (Å²) in [6.45, 7) is 4.54. The molecule has 0 saturated carbocycles. The van der Waals surface area contributed by atoms with E-state index >= 15 is 0 Å². The molecule has 0 spiro atoms. The van der Waals surface area contributed by atoms with E-state index in [1.807, 2.05) is 4.90 Å². The normalized spacial score (nSPS) is 19.5. The summed E-state index contributed by atoms with van der Waals surface area (Å²) in [5, 5.41) is 2.79. The molecule has 0 aromatic heterocycles. The number of carbonyl (C=O) groups excluding carboxylic acids is 2. The first-order valence-electron chi connectivity index (χ1n) is 8.59. The van der Waals surface area contributed by atoms with Crippen LogP contribution in [0.15, 0.2) is 24.3 Å². The Balaban J connectivity index is 1.58. The molecule has 1 N–H and O–H groups in total. The van der Waals surface area contributed by atoms with E-state index in [0.717, 1.165) is 12.8 Å². The number of anilines is 1. The van der Waals surface area contributed by atoms with Crippen LogP contribution in [0, 0.1) is 5.92 Å². The summed E-state index contributed by atoms with van der Waals surface area (Å²) < 4.78 is 11.1. The molecular weight excluding hydrogens is 308 g/mol. The van der Waals surface area contributed by atoms with E-state index in [0.29, 0.717) is 49.9 Å². The van der Waals surface area contributed by atoms with Gasteiger partial charge >= 0.3 is 0 Å². The van der Waals surface area contributed by atoms with Crippen molar-refractivity contribution in [2.45, 2.75) is 32.5 Å². The number of ether oxygens (including phenoxy) is 2. The highest BCUT2D eigenvalue weighted by Gasteiger charge is 2.32. The molecule has 0 bridgehead atoms. The van der Waals surface area contributed by atoms with Gasteiger partial charge in [-0.2, -0.15) is 0 Å². The number of piperidine rings is 1. The predicted molar refractivity (Wildman–Crippen MR) is 89.7 cm³/mol. The summed E-state index contributed by atoms with van der Waals surface area (Å²) in [7, 11) is 0. The molecule has 6 heteroatoms. The molecule has 24 heavy (non-hydrogen) atoms. The maximum Gasteiger partial charge on any atom is 0.253 e. The Morgan fingerprint density at radius 2 is 1.92 bits per heavy atom. The van der Waals surface area contributed by atoms with Crippen molar-refractivity contribution in [3.8, 4) is 0 Å². The van der Waals surface area contributed by atoms with Gasteiger partial charge in [0.05, 0.1) is 13.2 Å². The second-order valence-electron chi connectivity index (χ2n) is 6.22. The monoisotopic (exact) mass is 332 g/mol. The molecule has 0 unspecified atom stereocenters. The maximum atomic E-state index is 12.7. The third kappa shape index (κ3) is 3.94. The Morgan fingerprint density at radius 1 is 1.21 bits per heavy atom. The van der Waals surface area contributed by atoms with Crippen molar-refractivity contribution < 1.29 is 19.1 Å². The van der Waals surface area contributed by atoms with Gasteiger partial charge < -0.3 is 19.7 Å². The Labute approximate surface area is 142 Å². The predicted octanol–water partition coefficient (Wildman–Crippen LogP) is 2.26. The molecule has 3 rings (SSSR count). The number of hydrogen-bond acceptors (Lipinski definition) is 4. The number of likely N-dealkylation sites (tertiary alicyclic amines) is 1. The first kappa shape index (κ1) is 16.9. The fraction of sp³-hybridized carbons (Fsp3) is 0.556. The lowest BCUT2D eigenvalue weighted by molar-refractivity contribution is -0.115. The zero-order chi connectivity index (χ0) is 16.9. The van der Waals surface area contributed by atoms with Crippen molar-refractivity contribution in [1.82, 2.24) is 4.90 Å². The van der Waals surface area contributed by atoms with Crippen LogP contribution in [-0.2, 0) is 14.3 Å². The Bertz CT molecular complexity index is 590. The molecule has 1 aromatic carbocycles. The van der Waals surface area contributed by atoms with Gasteiger partial charge in [-0.3, -0.25) is 9.59 Å². The average molecular weight is 332 g/mol. The standard InChI is InChI=1S/C18H24N2O4/c1-2-16(21)19-15-5-3-4-14(12-15)17(22)20-8-6-13(7-9-20)18-23-10-11-24-18/h3-5,12-13,18H,2,6-11H2,1H3,(H,19,21). The van der Waals surface area contributed by atoms with Crippen LogP contribution in [0.3, 0.4) is 0 Å². The first-order valence-corrected chi connectivity index (χ1v) is 8.59. The lowest BCUT2D eigenvalue weighted by Gasteiger charge is -2.34. The largest absolute Gasteiger partial charge is 0.350 e. The maximum absolute atomic E-state index is 12.7. The SMILES string of the molecule is CCC(=O)Nc1cccc(C(=O)N2CCC(C3OCCO3)CC2)c1. The van der Waals surface area contributed by atoms with Gasteiger partial charge in [0, 0.05) is 36.7 Å². The van der Waals surface area contributed by atoms with Crippen molar-refractivity contribution in [3.63, 3.8) is 0 Å². The minimum atomic E-state index is -0.102. The van der Waals surface area contributed by atoms with Crippen molar-refractivity contribution in [1.29, 1.82) is 0 Å². The van der Waals surface area contributed by atoms with Gasteiger partial charge in [0.15, 0.2) is 6.29 Å². The van der Waals surface area contributed by atoms with Crippen molar-refractivity contribution >= 4 is 17.5 Å². The van der Waals surface area contributed by atoms with Crippen LogP contribution < -0.4 is 5.32 Å². The van der Waals surface area contributed by atoms with Gasteiger partial charge in [-0.1, -0.05) is 13.0 Å². The third-order valence-electron chi connectivity index (χ3n) is 4.57. The highest BCUT2D eigenvalue weighted by Crippen LogP contribution is 2.26. The lowest BCUT2D eigenvalue weighted by Crippen LogP contribution is -2.41. The smallest absolute Gasteiger partial charge is 0.253 e. The van der Waals surface area contributed by atoms with Gasteiger partial charge in [-0.05, 0) is 31.0 Å². The number of rotatable bonds is 4. The molecule has 2 heterocycles. The van der Waals surface area contributed by atoms with E-state index < -0.39 is 0 Å². The molecule has 1 aromatic rings. The summed E-state index contributed by atoms with van der Waals surface area (Å²) in [6, 6.07) is 7.13. The summed E-state index contributed by atoms with van der Waals surface area (Å²) in [4.78, 5) is 26.0. The van der Waals surface area contributed by atoms with Crippen LogP contribution in [0.4, 0.5) is 5.69 Å². The zero-order valence-electron chi connectivity index (χ0n) is 14.0. The first-order chi connectivity index (χ1) is 11.7. The molecule has 0 atom stereocenters. The fourth-order valence-electron chi connectivity index (χ4n) is 3.19. The van der Waals surface area contributed by atoms with E-state index in [9.17, 15) is 9.59 Å². The minimum Gasteiger partial charge on any atom is -0.350 e. The van der Waals surface area contributed by atoms with Crippen LogP contribution in [-0.4, -0.2) is 49.3 Å². The average Bonchev–Trinajstić information content (AvgIpc) is 3.16. The Morgan fingerprint density at radius 3 is 2.58 bits per heavy atom. The second kappa shape index (κ2) is 7.77. The van der Waals surface area contributed by atoms with E-state index in [4.69, 9.17) is 9.47 Å². The molecule has 2 aliphatic rings. The van der Waals surface area contributed by atoms with Crippen molar-refractivity contribution in [2.24, 2.45) is 5.92 Å². The van der Waals surface area contributed by atoms with Crippen LogP contribution in [0.1, 0.15) is 36.5 Å². The molecule has 2 saturated heterocycles. The van der Waals surface area contributed by atoms with E-state index in [1.54, 1.807) is 31.2 Å². The number of nitrogens with one attached hydrogen (secondary N) is 1. The highest BCUT2D eigenvalue weighted by atomic mass is 16.7. The fourth-order valence-corrected chi connectivity index (χ4v) is 3.19. The van der Waals surface area contributed by atoms with Crippen LogP contribution in [0.5, 0.6) is 0 Å². The van der Waals surface area contributed by atoms with E-state index in [1.165, 1.54) is 0 Å². The summed E-state index contributed by atoms with van der Waals surface area (Å²) in [5.41, 5.74) is 1.27. The number of benzene rings is 1. The van der Waals surface area contributed by atoms with Gasteiger partial charge in [0.2, 0.25) is 5.91 Å². The molecule has 2 fully saturated rings. The summed E-state index contributed by atoms with van der Waals surface area (Å²) in [6.07, 6.45) is 2.09. The Kier molecular flexibility index (Phi) is 5.48.